The Morgan fingerprint density at radius 2 is 1.70 bits per heavy atom. The number of nitrogens with zero attached hydrogens (tertiary/aromatic N) is 1. The van der Waals surface area contributed by atoms with Crippen LogP contribution in [0.3, 0.4) is 0 Å². The molecule has 3 aromatic carbocycles. The fourth-order valence-corrected chi connectivity index (χ4v) is 5.46. The monoisotopic (exact) mass is 607 g/mol. The third-order valence-electron chi connectivity index (χ3n) is 7.08. The quantitative estimate of drug-likeness (QED) is 0.191. The lowest BCUT2D eigenvalue weighted by atomic mass is 10.0. The number of rotatable bonds is 11. The van der Waals surface area contributed by atoms with Crippen molar-refractivity contribution in [3.63, 3.8) is 0 Å². The smallest absolute Gasteiger partial charge is 0.403 e. The molecule has 1 heterocycles. The molecule has 0 aliphatic carbocycles. The molecule has 3 amide bonds. The van der Waals surface area contributed by atoms with Crippen molar-refractivity contribution in [2.45, 2.75) is 51.2 Å². The summed E-state index contributed by atoms with van der Waals surface area (Å²) in [5.41, 5.74) is 3.44. The Morgan fingerprint density at radius 3 is 2.35 bits per heavy atom. The molecular weight excluding hydrogens is 573 g/mol. The van der Waals surface area contributed by atoms with Crippen molar-refractivity contribution in [2.24, 2.45) is 0 Å². The summed E-state index contributed by atoms with van der Waals surface area (Å²) in [5, 5.41) is 5.40. The van der Waals surface area contributed by atoms with Crippen molar-refractivity contribution >= 4 is 31.8 Å². The highest BCUT2D eigenvalue weighted by molar-refractivity contribution is 7.46. The van der Waals surface area contributed by atoms with Crippen LogP contribution in [0.25, 0.3) is 11.1 Å². The van der Waals surface area contributed by atoms with Crippen molar-refractivity contribution in [2.75, 3.05) is 6.54 Å². The Morgan fingerprint density at radius 1 is 1.02 bits per heavy atom. The summed E-state index contributed by atoms with van der Waals surface area (Å²) >= 11 is 0. The van der Waals surface area contributed by atoms with E-state index in [-0.39, 0.29) is 23.6 Å². The van der Waals surface area contributed by atoms with E-state index >= 15 is 0 Å². The molecule has 0 bridgehead atoms. The highest BCUT2D eigenvalue weighted by atomic mass is 31.2. The van der Waals surface area contributed by atoms with Crippen LogP contribution < -0.4 is 15.2 Å². The first kappa shape index (κ1) is 31.6. The molecule has 1 fully saturated rings. The number of phosphoric ester groups is 1. The van der Waals surface area contributed by atoms with Crippen molar-refractivity contribution in [3.8, 4) is 16.9 Å². The van der Waals surface area contributed by atoms with Crippen LogP contribution in [0.1, 0.15) is 47.7 Å². The van der Waals surface area contributed by atoms with E-state index in [1.807, 2.05) is 54.6 Å². The number of aldehydes is 1. The maximum atomic E-state index is 13.5. The average Bonchev–Trinajstić information content (AvgIpc) is 3.14. The molecule has 2 atom stereocenters. The van der Waals surface area contributed by atoms with Gasteiger partial charge in [0.25, 0.3) is 0 Å². The molecule has 1 saturated heterocycles. The summed E-state index contributed by atoms with van der Waals surface area (Å²) in [7, 11) is -4.89. The van der Waals surface area contributed by atoms with Gasteiger partial charge in [-0.1, -0.05) is 60.7 Å². The lowest BCUT2D eigenvalue weighted by Gasteiger charge is -2.27. The van der Waals surface area contributed by atoms with Gasteiger partial charge in [-0.25, -0.2) is 4.57 Å². The Labute approximate surface area is 249 Å². The van der Waals surface area contributed by atoms with E-state index in [2.05, 4.69) is 15.2 Å². The van der Waals surface area contributed by atoms with Crippen LogP contribution in [0.4, 0.5) is 0 Å². The molecule has 0 aromatic heterocycles. The van der Waals surface area contributed by atoms with Crippen molar-refractivity contribution < 1.29 is 38.1 Å². The molecule has 1 aliphatic heterocycles. The molecule has 0 radical (unpaired) electrons. The van der Waals surface area contributed by atoms with E-state index in [9.17, 15) is 23.7 Å². The molecule has 0 saturated carbocycles. The third kappa shape index (κ3) is 9.09. The molecule has 12 heteroatoms. The summed E-state index contributed by atoms with van der Waals surface area (Å²) in [6.45, 7) is 2.21. The first-order chi connectivity index (χ1) is 20.5. The van der Waals surface area contributed by atoms with Gasteiger partial charge in [-0.3, -0.25) is 29.0 Å². The lowest BCUT2D eigenvalue weighted by molar-refractivity contribution is -0.137. The fraction of sp³-hybridized carbons (Fsp3) is 0.290. The van der Waals surface area contributed by atoms with Gasteiger partial charge in [-0.05, 0) is 53.6 Å². The Hall–Kier alpha value is -4.31. The van der Waals surface area contributed by atoms with Crippen molar-refractivity contribution in [1.29, 1.82) is 0 Å². The van der Waals surface area contributed by atoms with E-state index in [1.165, 1.54) is 25.1 Å². The van der Waals surface area contributed by atoms with Crippen LogP contribution in [-0.4, -0.2) is 57.3 Å². The zero-order valence-corrected chi connectivity index (χ0v) is 24.5. The number of phosphoric acid groups is 1. The normalized spacial score (nSPS) is 16.1. The van der Waals surface area contributed by atoms with Gasteiger partial charge in [-0.2, -0.15) is 0 Å². The van der Waals surface area contributed by atoms with Crippen LogP contribution >= 0.6 is 7.82 Å². The number of carbonyl (C=O) groups excluding carboxylic acids is 4. The molecule has 2 unspecified atom stereocenters. The van der Waals surface area contributed by atoms with Gasteiger partial charge in [0.05, 0.1) is 5.56 Å². The Balaban J connectivity index is 1.44. The van der Waals surface area contributed by atoms with Crippen LogP contribution in [0.2, 0.25) is 0 Å². The van der Waals surface area contributed by atoms with E-state index in [4.69, 9.17) is 9.79 Å². The molecule has 0 spiro atoms. The Kier molecular flexibility index (Phi) is 10.5. The number of hydrogen-bond donors (Lipinski definition) is 4. The minimum absolute atomic E-state index is 0.0408. The second-order valence-corrected chi connectivity index (χ2v) is 11.6. The van der Waals surface area contributed by atoms with Crippen LogP contribution in [0.15, 0.2) is 72.8 Å². The van der Waals surface area contributed by atoms with Gasteiger partial charge >= 0.3 is 7.82 Å². The van der Waals surface area contributed by atoms with Gasteiger partial charge in [0.2, 0.25) is 17.7 Å². The summed E-state index contributed by atoms with van der Waals surface area (Å²) in [4.78, 5) is 70.2. The maximum absolute atomic E-state index is 13.5. The van der Waals surface area contributed by atoms with E-state index in [0.717, 1.165) is 29.5 Å². The van der Waals surface area contributed by atoms with E-state index < -0.39 is 31.7 Å². The minimum atomic E-state index is -4.89. The molecule has 1 aliphatic rings. The van der Waals surface area contributed by atoms with Gasteiger partial charge < -0.3 is 20.1 Å². The first-order valence-corrected chi connectivity index (χ1v) is 15.4. The summed E-state index contributed by atoms with van der Waals surface area (Å²) < 4.78 is 15.7. The average molecular weight is 608 g/mol. The van der Waals surface area contributed by atoms with Crippen LogP contribution in [0, 0.1) is 0 Å². The molecule has 11 nitrogen and oxygen atoms in total. The van der Waals surface area contributed by atoms with E-state index in [0.29, 0.717) is 31.4 Å². The first-order valence-electron chi connectivity index (χ1n) is 13.9. The summed E-state index contributed by atoms with van der Waals surface area (Å²) in [5.74, 6) is -1.55. The van der Waals surface area contributed by atoms with Crippen molar-refractivity contribution in [3.05, 3.63) is 89.5 Å². The number of amides is 3. The lowest BCUT2D eigenvalue weighted by Crippen LogP contribution is -2.54. The second-order valence-electron chi connectivity index (χ2n) is 10.4. The van der Waals surface area contributed by atoms with Crippen LogP contribution in [0.5, 0.6) is 5.75 Å². The highest BCUT2D eigenvalue weighted by Gasteiger charge is 2.31. The van der Waals surface area contributed by atoms with Gasteiger partial charge in [0.15, 0.2) is 6.29 Å². The summed E-state index contributed by atoms with van der Waals surface area (Å²) in [6, 6.07) is 20.1. The van der Waals surface area contributed by atoms with E-state index in [1.54, 1.807) is 4.90 Å². The predicted octanol–water partition coefficient (Wildman–Crippen LogP) is 3.38. The molecular formula is C31H34N3O8P. The number of benzene rings is 3. The molecule has 226 valence electrons. The zero-order valence-electron chi connectivity index (χ0n) is 23.6. The van der Waals surface area contributed by atoms with Crippen molar-refractivity contribution in [1.82, 2.24) is 15.5 Å². The SMILES string of the molecule is CC(=O)NC(Cc1ccc(OP(=O)(O)O)c(C=O)c1)C(=O)NC1CCCCN(Cc2ccc(-c3ccccc3)cc2)C1=O. The predicted molar refractivity (Wildman–Crippen MR) is 159 cm³/mol. The minimum Gasteiger partial charge on any atom is -0.403 e. The standard InChI is InChI=1S/C31H34N3O8P/c1-21(36)32-28(18-23-12-15-29(26(17-23)20-35)42-43(39,40)41)30(37)33-27-9-5-6-16-34(31(27)38)19-22-10-13-25(14-11-22)24-7-3-2-4-8-24/h2-4,7-8,10-15,17,20,27-28H,5-6,9,16,18-19H2,1H3,(H,32,36)(H,33,37)(H2,39,40,41). The highest BCUT2D eigenvalue weighted by Crippen LogP contribution is 2.39. The number of nitrogens with one attached hydrogen (secondary N) is 2. The maximum Gasteiger partial charge on any atom is 0.524 e. The third-order valence-corrected chi connectivity index (χ3v) is 7.52. The molecule has 3 aromatic rings. The van der Waals surface area contributed by atoms with Gasteiger partial charge in [0.1, 0.15) is 17.8 Å². The second kappa shape index (κ2) is 14.2. The topological polar surface area (TPSA) is 162 Å². The number of likely N-dealkylation sites (tertiary alicyclic amines) is 1. The largest absolute Gasteiger partial charge is 0.524 e. The molecule has 4 rings (SSSR count). The zero-order chi connectivity index (χ0) is 31.0. The number of hydrogen-bond acceptors (Lipinski definition) is 6. The van der Waals surface area contributed by atoms with Crippen LogP contribution in [-0.2, 0) is 31.9 Å². The fourth-order valence-electron chi connectivity index (χ4n) is 5.04. The number of carbonyl (C=O) groups is 4. The summed E-state index contributed by atoms with van der Waals surface area (Å²) in [6.07, 6.45) is 2.29. The molecule has 43 heavy (non-hydrogen) atoms. The molecule has 4 N–H and O–H groups in total. The Bertz CT molecular complexity index is 1510. The van der Waals surface area contributed by atoms with Gasteiger partial charge in [0, 0.05) is 26.4 Å². The van der Waals surface area contributed by atoms with Gasteiger partial charge in [-0.15, -0.1) is 0 Å².